The first-order valence-corrected chi connectivity index (χ1v) is 8.32. The van der Waals surface area contributed by atoms with Crippen LogP contribution >= 0.6 is 0 Å². The standard InChI is InChI=1S/C20H27F2N/c1-7-23-18-9-14(20(4,5)6)8-12(2)13(3)16-10-15(21)11-17(22)19(16)18/h8-13,23H,7H2,1-6H3/b14-8+,18-9-. The van der Waals surface area contributed by atoms with E-state index < -0.39 is 11.6 Å². The summed E-state index contributed by atoms with van der Waals surface area (Å²) in [6, 6.07) is 2.45. The molecule has 2 atom stereocenters. The fraction of sp³-hybridized carbons (Fsp3) is 0.500. The average molecular weight is 319 g/mol. The van der Waals surface area contributed by atoms with Crippen LogP contribution in [-0.2, 0) is 0 Å². The van der Waals surface area contributed by atoms with Crippen LogP contribution in [0.4, 0.5) is 8.78 Å². The number of benzene rings is 1. The summed E-state index contributed by atoms with van der Waals surface area (Å²) in [6.45, 7) is 13.3. The number of hydrogen-bond acceptors (Lipinski definition) is 1. The van der Waals surface area contributed by atoms with Gasteiger partial charge in [-0.15, -0.1) is 0 Å². The van der Waals surface area contributed by atoms with Crippen LogP contribution in [-0.4, -0.2) is 6.54 Å². The molecule has 1 aliphatic rings. The molecule has 0 radical (unpaired) electrons. The summed E-state index contributed by atoms with van der Waals surface area (Å²) in [5, 5.41) is 3.26. The molecular weight excluding hydrogens is 292 g/mol. The molecule has 0 saturated heterocycles. The van der Waals surface area contributed by atoms with Crippen LogP contribution in [0.3, 0.4) is 0 Å². The Hall–Kier alpha value is -1.64. The van der Waals surface area contributed by atoms with E-state index in [0.29, 0.717) is 12.1 Å². The number of nitrogens with one attached hydrogen (secondary N) is 1. The van der Waals surface area contributed by atoms with Crippen molar-refractivity contribution in [3.8, 4) is 0 Å². The summed E-state index contributed by atoms with van der Waals surface area (Å²) in [5.74, 6) is -0.781. The summed E-state index contributed by atoms with van der Waals surface area (Å²) in [4.78, 5) is 0. The third-order valence-corrected chi connectivity index (χ3v) is 4.61. The topological polar surface area (TPSA) is 12.0 Å². The highest BCUT2D eigenvalue weighted by Gasteiger charge is 2.27. The molecule has 126 valence electrons. The Kier molecular flexibility index (Phi) is 4.98. The Bertz CT molecular complexity index is 650. The number of rotatable bonds is 2. The van der Waals surface area contributed by atoms with Crippen molar-refractivity contribution in [2.24, 2.45) is 11.3 Å². The quantitative estimate of drug-likeness (QED) is 0.743. The van der Waals surface area contributed by atoms with Crippen LogP contribution in [0.15, 0.2) is 29.9 Å². The summed E-state index contributed by atoms with van der Waals surface area (Å²) < 4.78 is 28.4. The van der Waals surface area contributed by atoms with Crippen molar-refractivity contribution in [2.75, 3.05) is 6.54 Å². The smallest absolute Gasteiger partial charge is 0.135 e. The van der Waals surface area contributed by atoms with Crippen molar-refractivity contribution in [3.63, 3.8) is 0 Å². The molecule has 1 aromatic rings. The third kappa shape index (κ3) is 3.65. The molecule has 1 aliphatic carbocycles. The zero-order valence-corrected chi connectivity index (χ0v) is 14.9. The van der Waals surface area contributed by atoms with Crippen molar-refractivity contribution < 1.29 is 8.78 Å². The molecule has 0 saturated carbocycles. The molecule has 3 heteroatoms. The minimum atomic E-state index is -0.517. The summed E-state index contributed by atoms with van der Waals surface area (Å²) in [6.07, 6.45) is 4.25. The van der Waals surface area contributed by atoms with Crippen molar-refractivity contribution in [3.05, 3.63) is 52.6 Å². The monoisotopic (exact) mass is 319 g/mol. The lowest BCUT2D eigenvalue weighted by atomic mass is 9.77. The van der Waals surface area contributed by atoms with Gasteiger partial charge in [0, 0.05) is 23.9 Å². The maximum atomic E-state index is 14.6. The van der Waals surface area contributed by atoms with E-state index in [-0.39, 0.29) is 17.3 Å². The van der Waals surface area contributed by atoms with Gasteiger partial charge in [0.1, 0.15) is 11.6 Å². The van der Waals surface area contributed by atoms with Gasteiger partial charge < -0.3 is 5.32 Å². The van der Waals surface area contributed by atoms with Crippen LogP contribution in [0.5, 0.6) is 0 Å². The Morgan fingerprint density at radius 2 is 1.78 bits per heavy atom. The molecule has 0 bridgehead atoms. The lowest BCUT2D eigenvalue weighted by molar-refractivity contribution is 0.494. The lowest BCUT2D eigenvalue weighted by Gasteiger charge is -2.30. The second-order valence-electron chi connectivity index (χ2n) is 7.46. The predicted molar refractivity (Wildman–Crippen MR) is 93.1 cm³/mol. The molecule has 1 N–H and O–H groups in total. The number of fused-ring (bicyclic) bond motifs is 1. The zero-order chi connectivity index (χ0) is 17.4. The van der Waals surface area contributed by atoms with Crippen LogP contribution in [0.2, 0.25) is 0 Å². The van der Waals surface area contributed by atoms with Crippen molar-refractivity contribution in [2.45, 2.75) is 47.5 Å². The van der Waals surface area contributed by atoms with Gasteiger partial charge in [0.15, 0.2) is 0 Å². The van der Waals surface area contributed by atoms with Gasteiger partial charge >= 0.3 is 0 Å². The molecule has 0 aromatic heterocycles. The largest absolute Gasteiger partial charge is 0.385 e. The van der Waals surface area contributed by atoms with Gasteiger partial charge in [-0.05, 0) is 47.5 Å². The molecule has 0 spiro atoms. The van der Waals surface area contributed by atoms with E-state index >= 15 is 0 Å². The van der Waals surface area contributed by atoms with Gasteiger partial charge in [-0.1, -0.05) is 40.7 Å². The molecule has 2 unspecified atom stereocenters. The Morgan fingerprint density at radius 3 is 2.35 bits per heavy atom. The highest BCUT2D eigenvalue weighted by molar-refractivity contribution is 5.71. The Morgan fingerprint density at radius 1 is 1.13 bits per heavy atom. The fourth-order valence-corrected chi connectivity index (χ4v) is 3.02. The van der Waals surface area contributed by atoms with E-state index in [1.165, 1.54) is 11.6 Å². The van der Waals surface area contributed by atoms with Crippen LogP contribution in [0.1, 0.15) is 58.6 Å². The van der Waals surface area contributed by atoms with Crippen molar-refractivity contribution >= 4 is 5.70 Å². The third-order valence-electron chi connectivity index (χ3n) is 4.61. The molecule has 23 heavy (non-hydrogen) atoms. The van der Waals surface area contributed by atoms with E-state index in [1.807, 2.05) is 19.9 Å². The zero-order valence-electron chi connectivity index (χ0n) is 14.9. The lowest BCUT2D eigenvalue weighted by Crippen LogP contribution is -2.21. The predicted octanol–water partition coefficient (Wildman–Crippen LogP) is 5.64. The molecule has 2 rings (SSSR count). The van der Waals surface area contributed by atoms with E-state index in [9.17, 15) is 8.78 Å². The van der Waals surface area contributed by atoms with Gasteiger partial charge in [-0.3, -0.25) is 0 Å². The van der Waals surface area contributed by atoms with Gasteiger partial charge in [-0.2, -0.15) is 0 Å². The van der Waals surface area contributed by atoms with E-state index in [1.54, 1.807) is 0 Å². The first-order chi connectivity index (χ1) is 10.6. The SMILES string of the molecule is CCN/C1=C\C(C(C)(C)C)=C/C(C)C(C)c2cc(F)cc(F)c21. The van der Waals surface area contributed by atoms with Gasteiger partial charge in [-0.25, -0.2) is 8.78 Å². The molecular formula is C20H27F2N. The first kappa shape index (κ1) is 17.7. The number of allylic oxidation sites excluding steroid dienone is 3. The van der Waals surface area contributed by atoms with Gasteiger partial charge in [0.05, 0.1) is 0 Å². The maximum absolute atomic E-state index is 14.6. The normalized spacial score (nSPS) is 26.3. The van der Waals surface area contributed by atoms with Crippen molar-refractivity contribution in [1.29, 1.82) is 0 Å². The molecule has 1 nitrogen and oxygen atoms in total. The van der Waals surface area contributed by atoms with Crippen LogP contribution in [0.25, 0.3) is 5.70 Å². The van der Waals surface area contributed by atoms with Crippen LogP contribution in [0, 0.1) is 23.0 Å². The highest BCUT2D eigenvalue weighted by atomic mass is 19.1. The average Bonchev–Trinajstić information content (AvgIpc) is 2.42. The summed E-state index contributed by atoms with van der Waals surface area (Å²) >= 11 is 0. The molecule has 0 aliphatic heterocycles. The van der Waals surface area contributed by atoms with E-state index in [4.69, 9.17) is 0 Å². The summed E-state index contributed by atoms with van der Waals surface area (Å²) in [5.41, 5.74) is 3.10. The number of hydrogen-bond donors (Lipinski definition) is 1. The minimum absolute atomic E-state index is 0.0370. The maximum Gasteiger partial charge on any atom is 0.135 e. The summed E-state index contributed by atoms with van der Waals surface area (Å²) in [7, 11) is 0. The molecule has 0 amide bonds. The first-order valence-electron chi connectivity index (χ1n) is 8.32. The fourth-order valence-electron chi connectivity index (χ4n) is 3.02. The van der Waals surface area contributed by atoms with Gasteiger partial charge in [0.2, 0.25) is 0 Å². The second-order valence-corrected chi connectivity index (χ2v) is 7.46. The van der Waals surface area contributed by atoms with Crippen LogP contribution < -0.4 is 5.32 Å². The van der Waals surface area contributed by atoms with Crippen molar-refractivity contribution in [1.82, 2.24) is 5.32 Å². The Labute approximate surface area is 138 Å². The molecule has 0 fully saturated rings. The Balaban J connectivity index is 2.77. The van der Waals surface area contributed by atoms with Gasteiger partial charge in [0.25, 0.3) is 0 Å². The molecule has 1 aromatic carbocycles. The van der Waals surface area contributed by atoms with E-state index in [0.717, 1.165) is 17.3 Å². The molecule has 0 heterocycles. The highest BCUT2D eigenvalue weighted by Crippen LogP contribution is 2.39. The second kappa shape index (κ2) is 6.46. The number of halogens is 2. The minimum Gasteiger partial charge on any atom is -0.385 e. The van der Waals surface area contributed by atoms with E-state index in [2.05, 4.69) is 39.1 Å².